The number of nitrogens with zero attached hydrogens (tertiary/aromatic N) is 4. The Hall–Kier alpha value is -5.38. The lowest BCUT2D eigenvalue weighted by Gasteiger charge is -2.15. The summed E-state index contributed by atoms with van der Waals surface area (Å²) in [6.07, 6.45) is 5.94. The zero-order valence-electron chi connectivity index (χ0n) is 24.1. The maximum atomic E-state index is 12.9. The summed E-state index contributed by atoms with van der Waals surface area (Å²) in [6, 6.07) is 23.7. The second kappa shape index (κ2) is 13.3. The van der Waals surface area contributed by atoms with Gasteiger partial charge in [0.05, 0.1) is 30.0 Å². The van der Waals surface area contributed by atoms with Gasteiger partial charge >= 0.3 is 12.1 Å². The zero-order valence-corrected chi connectivity index (χ0v) is 24.1. The van der Waals surface area contributed by atoms with Crippen molar-refractivity contribution in [2.45, 2.75) is 19.3 Å². The molecule has 1 saturated heterocycles. The number of esters is 1. The average molecular weight is 593 g/mol. The molecule has 1 amide bonds. The summed E-state index contributed by atoms with van der Waals surface area (Å²) in [5.74, 6) is 0.234. The van der Waals surface area contributed by atoms with Crippen LogP contribution >= 0.6 is 0 Å². The summed E-state index contributed by atoms with van der Waals surface area (Å²) in [4.78, 5) is 36.6. The van der Waals surface area contributed by atoms with Crippen molar-refractivity contribution >= 4 is 17.7 Å². The van der Waals surface area contributed by atoms with Gasteiger partial charge in [0, 0.05) is 31.3 Å². The van der Waals surface area contributed by atoms with Gasteiger partial charge in [-0.3, -0.25) is 9.20 Å². The molecular formula is C34H32N4O6. The third kappa shape index (κ3) is 6.49. The van der Waals surface area contributed by atoms with Crippen LogP contribution in [-0.2, 0) is 27.1 Å². The summed E-state index contributed by atoms with van der Waals surface area (Å²) in [7, 11) is 0. The number of imidazole rings is 1. The number of likely N-dealkylation sites (tertiary alicyclic amines) is 1. The van der Waals surface area contributed by atoms with E-state index < -0.39 is 18.0 Å². The predicted octanol–water partition coefficient (Wildman–Crippen LogP) is 5.69. The minimum Gasteiger partial charge on any atom is -0.469 e. The Labute approximate surface area is 254 Å². The molecule has 0 spiro atoms. The van der Waals surface area contributed by atoms with E-state index in [1.165, 1.54) is 11.0 Å². The number of aromatic nitrogens is 3. The molecule has 0 bridgehead atoms. The maximum Gasteiger partial charge on any atom is 0.410 e. The molecule has 4 heterocycles. The lowest BCUT2D eigenvalue weighted by atomic mass is 10.1. The third-order valence-corrected chi connectivity index (χ3v) is 7.41. The molecular weight excluding hydrogens is 560 g/mol. The number of amides is 1. The number of ether oxygens (including phenoxy) is 3. The van der Waals surface area contributed by atoms with E-state index >= 15 is 0 Å². The minimum absolute atomic E-state index is 0.118. The Morgan fingerprint density at radius 1 is 0.955 bits per heavy atom. The second-order valence-electron chi connectivity index (χ2n) is 10.4. The molecule has 0 N–H and O–H groups in total. The Bertz CT molecular complexity index is 1730. The van der Waals surface area contributed by atoms with Crippen LogP contribution in [0.3, 0.4) is 0 Å². The van der Waals surface area contributed by atoms with Crippen LogP contribution in [0.25, 0.3) is 16.9 Å². The highest BCUT2D eigenvalue weighted by atomic mass is 16.7. The Morgan fingerprint density at radius 3 is 2.50 bits per heavy atom. The van der Waals surface area contributed by atoms with Crippen molar-refractivity contribution in [1.29, 1.82) is 0 Å². The van der Waals surface area contributed by atoms with Crippen LogP contribution in [-0.4, -0.2) is 57.8 Å². The number of carbonyl (C=O) groups is 2. The van der Waals surface area contributed by atoms with Crippen molar-refractivity contribution in [3.05, 3.63) is 121 Å². The molecule has 1 aliphatic heterocycles. The topological polar surface area (TPSA) is 108 Å². The van der Waals surface area contributed by atoms with Crippen molar-refractivity contribution < 1.29 is 28.2 Å². The van der Waals surface area contributed by atoms with E-state index in [0.717, 1.165) is 22.5 Å². The van der Waals surface area contributed by atoms with Gasteiger partial charge in [0.25, 0.3) is 0 Å². The molecule has 3 aromatic heterocycles. The fourth-order valence-corrected chi connectivity index (χ4v) is 5.24. The van der Waals surface area contributed by atoms with Crippen LogP contribution < -0.4 is 4.74 Å². The first kappa shape index (κ1) is 28.7. The quantitative estimate of drug-likeness (QED) is 0.109. The number of rotatable bonds is 11. The van der Waals surface area contributed by atoms with Gasteiger partial charge in [0.15, 0.2) is 5.65 Å². The van der Waals surface area contributed by atoms with Gasteiger partial charge < -0.3 is 23.5 Å². The molecule has 6 rings (SSSR count). The molecule has 10 nitrogen and oxygen atoms in total. The van der Waals surface area contributed by atoms with E-state index in [4.69, 9.17) is 28.6 Å². The lowest BCUT2D eigenvalue weighted by molar-refractivity contribution is -0.154. The van der Waals surface area contributed by atoms with Gasteiger partial charge in [-0.2, -0.15) is 0 Å². The molecule has 1 atom stereocenters. The summed E-state index contributed by atoms with van der Waals surface area (Å²) in [6.45, 7) is 3.98. The number of hydrogen-bond donors (Lipinski definition) is 0. The van der Waals surface area contributed by atoms with Crippen LogP contribution in [0.15, 0.2) is 102 Å². The number of furan rings is 1. The number of fused-ring (bicyclic) bond motifs is 1. The van der Waals surface area contributed by atoms with Crippen molar-refractivity contribution in [3.8, 4) is 17.1 Å². The standard InChI is InChI=1S/C34H32N4O6/c1-2-17-42-34(40)37-16-15-26(21-37)33(39)44-23-43-32-29(20-27-14-9-18-41-27)36-31-28(19-24-10-5-3-6-11-24)35-30(22-38(31)32)25-12-7-4-8-13-25/h2-14,18,22,26H,1,15-17,19-21,23H2. The highest BCUT2D eigenvalue weighted by Gasteiger charge is 2.33. The molecule has 0 radical (unpaired) electrons. The number of benzene rings is 2. The molecule has 1 fully saturated rings. The first-order valence-electron chi connectivity index (χ1n) is 14.4. The maximum absolute atomic E-state index is 12.9. The van der Waals surface area contributed by atoms with Gasteiger partial charge in [-0.1, -0.05) is 73.3 Å². The van der Waals surface area contributed by atoms with E-state index in [2.05, 4.69) is 18.7 Å². The van der Waals surface area contributed by atoms with E-state index in [0.29, 0.717) is 48.8 Å². The van der Waals surface area contributed by atoms with Gasteiger partial charge in [0.1, 0.15) is 18.1 Å². The number of carbonyl (C=O) groups excluding carboxylic acids is 2. The third-order valence-electron chi connectivity index (χ3n) is 7.41. The van der Waals surface area contributed by atoms with Crippen LogP contribution in [0, 0.1) is 5.92 Å². The van der Waals surface area contributed by atoms with E-state index in [1.807, 2.05) is 71.3 Å². The highest BCUT2D eigenvalue weighted by molar-refractivity contribution is 5.75. The molecule has 0 aliphatic carbocycles. The van der Waals surface area contributed by atoms with Crippen LogP contribution in [0.5, 0.6) is 5.88 Å². The molecule has 224 valence electrons. The van der Waals surface area contributed by atoms with E-state index in [1.54, 1.807) is 6.26 Å². The van der Waals surface area contributed by atoms with E-state index in [9.17, 15) is 9.59 Å². The summed E-state index contributed by atoms with van der Waals surface area (Å²) in [5.41, 5.74) is 4.83. The second-order valence-corrected chi connectivity index (χ2v) is 10.4. The Balaban J connectivity index is 1.28. The van der Waals surface area contributed by atoms with Crippen molar-refractivity contribution in [2.75, 3.05) is 26.5 Å². The average Bonchev–Trinajstić information content (AvgIpc) is 3.82. The normalized spacial score (nSPS) is 14.5. The van der Waals surface area contributed by atoms with Gasteiger partial charge in [-0.15, -0.1) is 0 Å². The Morgan fingerprint density at radius 2 is 1.75 bits per heavy atom. The molecule has 1 unspecified atom stereocenters. The highest BCUT2D eigenvalue weighted by Crippen LogP contribution is 2.29. The molecule has 2 aromatic carbocycles. The van der Waals surface area contributed by atoms with Gasteiger partial charge in [-0.05, 0) is 24.1 Å². The van der Waals surface area contributed by atoms with E-state index in [-0.39, 0.29) is 19.9 Å². The van der Waals surface area contributed by atoms with Crippen LogP contribution in [0.4, 0.5) is 4.79 Å². The Kier molecular flexibility index (Phi) is 8.67. The molecule has 0 saturated carbocycles. The van der Waals surface area contributed by atoms with Crippen LogP contribution in [0.1, 0.15) is 29.1 Å². The molecule has 44 heavy (non-hydrogen) atoms. The molecule has 1 aliphatic rings. The molecule has 5 aromatic rings. The first-order valence-corrected chi connectivity index (χ1v) is 14.4. The fraction of sp³-hybridized carbons (Fsp3) is 0.235. The largest absolute Gasteiger partial charge is 0.469 e. The van der Waals surface area contributed by atoms with Crippen molar-refractivity contribution in [2.24, 2.45) is 5.92 Å². The molecule has 10 heteroatoms. The smallest absolute Gasteiger partial charge is 0.410 e. The van der Waals surface area contributed by atoms with Crippen molar-refractivity contribution in [3.63, 3.8) is 0 Å². The summed E-state index contributed by atoms with van der Waals surface area (Å²) >= 11 is 0. The first-order chi connectivity index (χ1) is 21.6. The summed E-state index contributed by atoms with van der Waals surface area (Å²) in [5, 5.41) is 0. The number of hydrogen-bond acceptors (Lipinski definition) is 8. The van der Waals surface area contributed by atoms with Gasteiger partial charge in [-0.25, -0.2) is 14.8 Å². The van der Waals surface area contributed by atoms with Crippen molar-refractivity contribution in [1.82, 2.24) is 19.3 Å². The minimum atomic E-state index is -0.473. The van der Waals surface area contributed by atoms with Gasteiger partial charge in [0.2, 0.25) is 12.7 Å². The summed E-state index contributed by atoms with van der Waals surface area (Å²) < 4.78 is 24.3. The lowest BCUT2D eigenvalue weighted by Crippen LogP contribution is -2.31. The van der Waals surface area contributed by atoms with Crippen LogP contribution in [0.2, 0.25) is 0 Å². The monoisotopic (exact) mass is 592 g/mol. The SMILES string of the molecule is C=CCOC(=O)N1CCC(C(=O)OCOc2c(Cc3ccco3)nc3c(Cc4ccccc4)nc(-c4ccccc4)cn23)C1. The predicted molar refractivity (Wildman–Crippen MR) is 162 cm³/mol. The zero-order chi connectivity index (χ0) is 30.3. The fourth-order valence-electron chi connectivity index (χ4n) is 5.24.